The molecule has 0 radical (unpaired) electrons. The van der Waals surface area contributed by atoms with E-state index in [0.29, 0.717) is 12.5 Å². The Morgan fingerprint density at radius 3 is 2.83 bits per heavy atom. The monoisotopic (exact) mass is 250 g/mol. The van der Waals surface area contributed by atoms with Crippen molar-refractivity contribution in [2.24, 2.45) is 5.73 Å². The largest absolute Gasteiger partial charge is 0.496 e. The molecule has 18 heavy (non-hydrogen) atoms. The first-order valence-electron chi connectivity index (χ1n) is 6.27. The van der Waals surface area contributed by atoms with E-state index in [1.807, 2.05) is 18.2 Å². The number of amides is 1. The Labute approximate surface area is 109 Å². The van der Waals surface area contributed by atoms with Crippen LogP contribution in [0.4, 0.5) is 0 Å². The lowest BCUT2D eigenvalue weighted by Crippen LogP contribution is -2.29. The predicted molar refractivity (Wildman–Crippen MR) is 72.6 cm³/mol. The number of carbonyl (C=O) groups excluding carboxylic acids is 1. The summed E-state index contributed by atoms with van der Waals surface area (Å²) in [6, 6.07) is 8.36. The highest BCUT2D eigenvalue weighted by Crippen LogP contribution is 2.18. The van der Waals surface area contributed by atoms with E-state index in [1.165, 1.54) is 5.56 Å². The van der Waals surface area contributed by atoms with Crippen molar-refractivity contribution in [2.75, 3.05) is 13.7 Å². The summed E-state index contributed by atoms with van der Waals surface area (Å²) in [5, 5.41) is 3.37. The van der Waals surface area contributed by atoms with Gasteiger partial charge in [-0.25, -0.2) is 0 Å². The average Bonchev–Trinajstić information content (AvgIpc) is 2.35. The number of benzene rings is 1. The van der Waals surface area contributed by atoms with Gasteiger partial charge in [-0.05, 0) is 37.9 Å². The quantitative estimate of drug-likeness (QED) is 0.687. The zero-order valence-corrected chi connectivity index (χ0v) is 11.1. The molecule has 0 saturated carbocycles. The first kappa shape index (κ1) is 14.5. The first-order chi connectivity index (χ1) is 8.63. The second-order valence-corrected chi connectivity index (χ2v) is 4.44. The first-order valence-corrected chi connectivity index (χ1v) is 6.27. The molecule has 4 nitrogen and oxygen atoms in total. The fraction of sp³-hybridized carbons (Fsp3) is 0.500. The molecule has 3 N–H and O–H groups in total. The Balaban J connectivity index is 2.35. The molecular weight excluding hydrogens is 228 g/mol. The molecule has 0 fully saturated rings. The Morgan fingerprint density at radius 2 is 2.17 bits per heavy atom. The maximum absolute atomic E-state index is 10.6. The highest BCUT2D eigenvalue weighted by Gasteiger charge is 2.07. The van der Waals surface area contributed by atoms with Crippen molar-refractivity contribution in [3.8, 4) is 5.75 Å². The molecule has 1 amide bonds. The van der Waals surface area contributed by atoms with Crippen LogP contribution >= 0.6 is 0 Å². The highest BCUT2D eigenvalue weighted by molar-refractivity contribution is 5.73. The molecule has 0 aliphatic rings. The van der Waals surface area contributed by atoms with Gasteiger partial charge in [-0.1, -0.05) is 18.2 Å². The van der Waals surface area contributed by atoms with Crippen LogP contribution in [0.25, 0.3) is 0 Å². The summed E-state index contributed by atoms with van der Waals surface area (Å²) in [6.07, 6.45) is 2.13. The third-order valence-corrected chi connectivity index (χ3v) is 2.81. The van der Waals surface area contributed by atoms with Gasteiger partial charge in [0.25, 0.3) is 0 Å². The molecule has 100 valence electrons. The smallest absolute Gasteiger partial charge is 0.217 e. The van der Waals surface area contributed by atoms with Gasteiger partial charge in [0.05, 0.1) is 7.11 Å². The van der Waals surface area contributed by atoms with Crippen molar-refractivity contribution in [2.45, 2.75) is 32.2 Å². The molecule has 1 unspecified atom stereocenters. The van der Waals surface area contributed by atoms with Gasteiger partial charge in [0.2, 0.25) is 5.91 Å². The Bertz CT molecular complexity index is 380. The minimum absolute atomic E-state index is 0.241. The summed E-state index contributed by atoms with van der Waals surface area (Å²) in [7, 11) is 1.68. The number of nitrogens with one attached hydrogen (secondary N) is 1. The van der Waals surface area contributed by atoms with Gasteiger partial charge in [-0.2, -0.15) is 0 Å². The zero-order chi connectivity index (χ0) is 13.4. The number of para-hydroxylation sites is 1. The third-order valence-electron chi connectivity index (χ3n) is 2.81. The van der Waals surface area contributed by atoms with Gasteiger partial charge >= 0.3 is 0 Å². The standard InChI is InChI=1S/C14H22N2O2/c1-11(16-9-5-8-14(15)17)10-12-6-3-4-7-13(12)18-2/h3-4,6-7,11,16H,5,8-10H2,1-2H3,(H2,15,17). The van der Waals surface area contributed by atoms with Crippen molar-refractivity contribution in [3.63, 3.8) is 0 Å². The number of hydrogen-bond donors (Lipinski definition) is 2. The average molecular weight is 250 g/mol. The molecule has 1 aromatic rings. The topological polar surface area (TPSA) is 64.3 Å². The molecule has 0 bridgehead atoms. The number of ether oxygens (including phenoxy) is 1. The van der Waals surface area contributed by atoms with Crippen LogP contribution in [0.3, 0.4) is 0 Å². The summed E-state index contributed by atoms with van der Waals surface area (Å²) >= 11 is 0. The Morgan fingerprint density at radius 1 is 1.44 bits per heavy atom. The SMILES string of the molecule is COc1ccccc1CC(C)NCCCC(N)=O. The molecule has 0 aliphatic carbocycles. The van der Waals surface area contributed by atoms with Crippen LogP contribution < -0.4 is 15.8 Å². The normalized spacial score (nSPS) is 12.1. The Kier molecular flexibility index (Phi) is 6.22. The van der Waals surface area contributed by atoms with Gasteiger partial charge in [0.1, 0.15) is 5.75 Å². The lowest BCUT2D eigenvalue weighted by molar-refractivity contribution is -0.118. The van der Waals surface area contributed by atoms with E-state index in [4.69, 9.17) is 10.5 Å². The maximum Gasteiger partial charge on any atom is 0.217 e. The van der Waals surface area contributed by atoms with Crippen molar-refractivity contribution >= 4 is 5.91 Å². The van der Waals surface area contributed by atoms with Crippen molar-refractivity contribution in [1.82, 2.24) is 5.32 Å². The van der Waals surface area contributed by atoms with Crippen LogP contribution in [-0.2, 0) is 11.2 Å². The predicted octanol–water partition coefficient (Wildman–Crippen LogP) is 1.48. The minimum atomic E-state index is -0.241. The zero-order valence-electron chi connectivity index (χ0n) is 11.1. The molecule has 0 heterocycles. The Hall–Kier alpha value is -1.55. The molecule has 0 spiro atoms. The number of carbonyl (C=O) groups is 1. The molecule has 0 aliphatic heterocycles. The van der Waals surface area contributed by atoms with E-state index >= 15 is 0 Å². The fourth-order valence-electron chi connectivity index (χ4n) is 1.88. The van der Waals surface area contributed by atoms with Crippen molar-refractivity contribution in [3.05, 3.63) is 29.8 Å². The van der Waals surface area contributed by atoms with Crippen LogP contribution in [0.15, 0.2) is 24.3 Å². The van der Waals surface area contributed by atoms with Crippen LogP contribution in [0, 0.1) is 0 Å². The molecule has 0 saturated heterocycles. The summed E-state index contributed by atoms with van der Waals surface area (Å²) in [5.74, 6) is 0.678. The van der Waals surface area contributed by atoms with Crippen LogP contribution in [0.5, 0.6) is 5.75 Å². The van der Waals surface area contributed by atoms with E-state index in [0.717, 1.165) is 25.1 Å². The number of nitrogens with two attached hydrogens (primary N) is 1. The highest BCUT2D eigenvalue weighted by atomic mass is 16.5. The van der Waals surface area contributed by atoms with Gasteiger partial charge in [0.15, 0.2) is 0 Å². The van der Waals surface area contributed by atoms with E-state index in [9.17, 15) is 4.79 Å². The van der Waals surface area contributed by atoms with Crippen LogP contribution in [0.2, 0.25) is 0 Å². The lowest BCUT2D eigenvalue weighted by atomic mass is 10.1. The van der Waals surface area contributed by atoms with Crippen molar-refractivity contribution < 1.29 is 9.53 Å². The van der Waals surface area contributed by atoms with Gasteiger partial charge in [-0.3, -0.25) is 4.79 Å². The summed E-state index contributed by atoms with van der Waals surface area (Å²) in [4.78, 5) is 10.6. The molecule has 4 heteroatoms. The second kappa shape index (κ2) is 7.71. The number of rotatable bonds is 8. The second-order valence-electron chi connectivity index (χ2n) is 4.44. The summed E-state index contributed by atoms with van der Waals surface area (Å²) in [6.45, 7) is 2.93. The van der Waals surface area contributed by atoms with Gasteiger partial charge in [0, 0.05) is 12.5 Å². The van der Waals surface area contributed by atoms with Gasteiger partial charge in [-0.15, -0.1) is 0 Å². The molecule has 1 rings (SSSR count). The van der Waals surface area contributed by atoms with E-state index < -0.39 is 0 Å². The number of methoxy groups -OCH3 is 1. The molecular formula is C14H22N2O2. The third kappa shape index (κ3) is 5.19. The summed E-state index contributed by atoms with van der Waals surface area (Å²) in [5.41, 5.74) is 6.28. The van der Waals surface area contributed by atoms with Crippen molar-refractivity contribution in [1.29, 1.82) is 0 Å². The van der Waals surface area contributed by atoms with E-state index in [1.54, 1.807) is 7.11 Å². The lowest BCUT2D eigenvalue weighted by Gasteiger charge is -2.15. The number of primary amides is 1. The molecule has 0 aromatic heterocycles. The van der Waals surface area contributed by atoms with E-state index in [-0.39, 0.29) is 5.91 Å². The maximum atomic E-state index is 10.6. The number of hydrogen-bond acceptors (Lipinski definition) is 3. The van der Waals surface area contributed by atoms with Crippen LogP contribution in [0.1, 0.15) is 25.3 Å². The fourth-order valence-corrected chi connectivity index (χ4v) is 1.88. The van der Waals surface area contributed by atoms with Crippen LogP contribution in [-0.4, -0.2) is 25.6 Å². The summed E-state index contributed by atoms with van der Waals surface area (Å²) < 4.78 is 5.31. The molecule has 1 atom stereocenters. The minimum Gasteiger partial charge on any atom is -0.496 e. The van der Waals surface area contributed by atoms with E-state index in [2.05, 4.69) is 18.3 Å². The molecule has 1 aromatic carbocycles. The van der Waals surface area contributed by atoms with Gasteiger partial charge < -0.3 is 15.8 Å².